The summed E-state index contributed by atoms with van der Waals surface area (Å²) in [5.74, 6) is -0.663. The third-order valence-electron chi connectivity index (χ3n) is 3.88. The number of aliphatic hydroxyl groups excluding tert-OH is 1. The number of carbonyl (C=O) groups excluding carboxylic acids is 2. The van der Waals surface area contributed by atoms with E-state index in [1.54, 1.807) is 12.1 Å². The number of benzene rings is 1. The molecule has 0 unspecified atom stereocenters. The van der Waals surface area contributed by atoms with Crippen molar-refractivity contribution >= 4 is 11.8 Å². The van der Waals surface area contributed by atoms with E-state index in [-0.39, 0.29) is 23.3 Å². The van der Waals surface area contributed by atoms with Crippen LogP contribution in [-0.4, -0.2) is 35.0 Å². The minimum Gasteiger partial charge on any atom is -0.382 e. The van der Waals surface area contributed by atoms with Crippen LogP contribution in [0.5, 0.6) is 0 Å². The van der Waals surface area contributed by atoms with Gasteiger partial charge in [0.1, 0.15) is 11.8 Å². The number of nitrogens with one attached hydrogen (secondary N) is 2. The van der Waals surface area contributed by atoms with Crippen LogP contribution in [0.15, 0.2) is 42.5 Å². The Morgan fingerprint density at radius 1 is 1.17 bits per heavy atom. The van der Waals surface area contributed by atoms with Gasteiger partial charge in [0.2, 0.25) is 0 Å². The number of carbonyl (C=O) groups is 2. The first kappa shape index (κ1) is 16.1. The Bertz CT molecular complexity index is 757. The molecule has 1 aromatic carbocycles. The number of aliphatic hydroxyl groups is 1. The van der Waals surface area contributed by atoms with Crippen LogP contribution >= 0.6 is 0 Å². The molecule has 1 aromatic heterocycles. The lowest BCUT2D eigenvalue weighted by Crippen LogP contribution is -2.27. The minimum atomic E-state index is -1.01. The van der Waals surface area contributed by atoms with Gasteiger partial charge in [-0.15, -0.1) is 0 Å². The van der Waals surface area contributed by atoms with Gasteiger partial charge >= 0.3 is 0 Å². The number of hydrogen-bond acceptors (Lipinski definition) is 4. The van der Waals surface area contributed by atoms with Gasteiger partial charge in [0.05, 0.1) is 5.69 Å². The predicted molar refractivity (Wildman–Crippen MR) is 88.6 cm³/mol. The quantitative estimate of drug-likeness (QED) is 0.775. The van der Waals surface area contributed by atoms with E-state index in [2.05, 4.69) is 15.6 Å². The third-order valence-corrected chi connectivity index (χ3v) is 3.88. The van der Waals surface area contributed by atoms with Crippen LogP contribution in [0.3, 0.4) is 0 Å². The van der Waals surface area contributed by atoms with Gasteiger partial charge in [-0.05, 0) is 30.5 Å². The van der Waals surface area contributed by atoms with Gasteiger partial charge in [-0.3, -0.25) is 9.59 Å². The third kappa shape index (κ3) is 3.60. The van der Waals surface area contributed by atoms with Crippen molar-refractivity contribution in [3.8, 4) is 0 Å². The molecule has 0 spiro atoms. The number of amides is 2. The van der Waals surface area contributed by atoms with Gasteiger partial charge in [-0.2, -0.15) is 0 Å². The molecule has 2 aromatic rings. The Morgan fingerprint density at radius 2 is 1.88 bits per heavy atom. The second kappa shape index (κ2) is 6.80. The van der Waals surface area contributed by atoms with E-state index in [0.717, 1.165) is 12.8 Å². The van der Waals surface area contributed by atoms with Gasteiger partial charge in [-0.25, -0.2) is 4.98 Å². The van der Waals surface area contributed by atoms with Crippen molar-refractivity contribution in [2.45, 2.75) is 25.0 Å². The van der Waals surface area contributed by atoms with Crippen LogP contribution in [-0.2, 0) is 0 Å². The molecule has 6 nitrogen and oxygen atoms in total. The highest BCUT2D eigenvalue weighted by molar-refractivity contribution is 5.98. The van der Waals surface area contributed by atoms with Gasteiger partial charge in [0.25, 0.3) is 11.8 Å². The van der Waals surface area contributed by atoms with E-state index < -0.39 is 12.0 Å². The topological polar surface area (TPSA) is 91.3 Å². The molecule has 1 fully saturated rings. The largest absolute Gasteiger partial charge is 0.382 e. The zero-order valence-electron chi connectivity index (χ0n) is 13.3. The summed E-state index contributed by atoms with van der Waals surface area (Å²) in [7, 11) is 1.49. The first-order chi connectivity index (χ1) is 11.6. The lowest BCUT2D eigenvalue weighted by molar-refractivity contribution is 0.0950. The molecule has 1 aliphatic carbocycles. The van der Waals surface area contributed by atoms with Crippen molar-refractivity contribution in [3.05, 3.63) is 65.0 Å². The maximum atomic E-state index is 12.3. The number of aromatic nitrogens is 1. The molecular formula is C18H19N3O3. The van der Waals surface area contributed by atoms with Crippen molar-refractivity contribution < 1.29 is 14.7 Å². The standard InChI is InChI=1S/C18H19N3O3/c1-19-18(24)15-10-12(17(23)20-13-7-8-13)9-14(21-15)16(22)11-5-3-2-4-6-11/h2-6,9-10,13,16,22H,7-8H2,1H3,(H,19,24)(H,20,23)/t16-/m0/s1. The fourth-order valence-electron chi connectivity index (χ4n) is 2.37. The minimum absolute atomic E-state index is 0.103. The van der Waals surface area contributed by atoms with Crippen LogP contribution in [0.2, 0.25) is 0 Å². The van der Waals surface area contributed by atoms with Crippen LogP contribution in [0, 0.1) is 0 Å². The summed E-state index contributed by atoms with van der Waals surface area (Å²) >= 11 is 0. The van der Waals surface area contributed by atoms with E-state index in [1.165, 1.54) is 19.2 Å². The molecular weight excluding hydrogens is 306 g/mol. The second-order valence-electron chi connectivity index (χ2n) is 5.81. The molecule has 124 valence electrons. The molecule has 3 rings (SSSR count). The summed E-state index contributed by atoms with van der Waals surface area (Å²) < 4.78 is 0. The Labute approximate surface area is 139 Å². The maximum Gasteiger partial charge on any atom is 0.269 e. The lowest BCUT2D eigenvalue weighted by atomic mass is 10.0. The number of hydrogen-bond donors (Lipinski definition) is 3. The zero-order valence-corrected chi connectivity index (χ0v) is 13.3. The monoisotopic (exact) mass is 325 g/mol. The highest BCUT2D eigenvalue weighted by Crippen LogP contribution is 2.23. The highest BCUT2D eigenvalue weighted by Gasteiger charge is 2.25. The van der Waals surface area contributed by atoms with Gasteiger partial charge in [0.15, 0.2) is 0 Å². The Kier molecular flexibility index (Phi) is 4.57. The molecule has 0 aliphatic heterocycles. The Hall–Kier alpha value is -2.73. The van der Waals surface area contributed by atoms with Crippen molar-refractivity contribution in [2.75, 3.05) is 7.05 Å². The summed E-state index contributed by atoms with van der Waals surface area (Å²) in [5.41, 5.74) is 1.34. The van der Waals surface area contributed by atoms with E-state index in [1.807, 2.05) is 18.2 Å². The first-order valence-corrected chi connectivity index (χ1v) is 7.86. The lowest BCUT2D eigenvalue weighted by Gasteiger charge is -2.14. The van der Waals surface area contributed by atoms with E-state index in [9.17, 15) is 14.7 Å². The van der Waals surface area contributed by atoms with Crippen molar-refractivity contribution in [1.82, 2.24) is 15.6 Å². The summed E-state index contributed by atoms with van der Waals surface area (Å²) in [6.07, 6.45) is 0.931. The average molecular weight is 325 g/mol. The second-order valence-corrected chi connectivity index (χ2v) is 5.81. The van der Waals surface area contributed by atoms with Crippen LogP contribution in [0.25, 0.3) is 0 Å². The molecule has 2 amide bonds. The Balaban J connectivity index is 1.97. The number of rotatable bonds is 5. The number of nitrogens with zero attached hydrogens (tertiary/aromatic N) is 1. The van der Waals surface area contributed by atoms with Crippen molar-refractivity contribution in [1.29, 1.82) is 0 Å². The van der Waals surface area contributed by atoms with Crippen LogP contribution < -0.4 is 10.6 Å². The molecule has 1 heterocycles. The smallest absolute Gasteiger partial charge is 0.269 e. The fraction of sp³-hybridized carbons (Fsp3) is 0.278. The summed E-state index contributed by atoms with van der Waals surface area (Å²) in [5, 5.41) is 15.9. The predicted octanol–water partition coefficient (Wildman–Crippen LogP) is 1.42. The number of pyridine rings is 1. The Morgan fingerprint density at radius 3 is 2.50 bits per heavy atom. The van der Waals surface area contributed by atoms with E-state index >= 15 is 0 Å². The highest BCUT2D eigenvalue weighted by atomic mass is 16.3. The normalized spacial score (nSPS) is 14.8. The molecule has 1 atom stereocenters. The summed E-state index contributed by atoms with van der Waals surface area (Å²) in [6, 6.07) is 12.2. The SMILES string of the molecule is CNC(=O)c1cc(C(=O)NC2CC2)cc([C@@H](O)c2ccccc2)n1. The van der Waals surface area contributed by atoms with Crippen molar-refractivity contribution in [2.24, 2.45) is 0 Å². The van der Waals surface area contributed by atoms with E-state index in [0.29, 0.717) is 11.1 Å². The molecule has 24 heavy (non-hydrogen) atoms. The van der Waals surface area contributed by atoms with Crippen LogP contribution in [0.1, 0.15) is 51.0 Å². The van der Waals surface area contributed by atoms with Gasteiger partial charge in [0, 0.05) is 18.7 Å². The zero-order chi connectivity index (χ0) is 17.1. The fourth-order valence-corrected chi connectivity index (χ4v) is 2.37. The molecule has 1 aliphatic rings. The molecule has 0 bridgehead atoms. The van der Waals surface area contributed by atoms with Gasteiger partial charge < -0.3 is 15.7 Å². The molecule has 3 N–H and O–H groups in total. The average Bonchev–Trinajstić information content (AvgIpc) is 3.44. The molecule has 0 radical (unpaired) electrons. The molecule has 6 heteroatoms. The summed E-state index contributed by atoms with van der Waals surface area (Å²) in [6.45, 7) is 0. The molecule has 0 saturated heterocycles. The van der Waals surface area contributed by atoms with Crippen molar-refractivity contribution in [3.63, 3.8) is 0 Å². The maximum absolute atomic E-state index is 12.3. The first-order valence-electron chi connectivity index (χ1n) is 7.86. The molecule has 1 saturated carbocycles. The summed E-state index contributed by atoms with van der Waals surface area (Å²) in [4.78, 5) is 28.5. The van der Waals surface area contributed by atoms with Gasteiger partial charge in [-0.1, -0.05) is 30.3 Å². The van der Waals surface area contributed by atoms with Crippen LogP contribution in [0.4, 0.5) is 0 Å². The van der Waals surface area contributed by atoms with E-state index in [4.69, 9.17) is 0 Å².